The summed E-state index contributed by atoms with van der Waals surface area (Å²) in [5.41, 5.74) is 1.84. The highest BCUT2D eigenvalue weighted by Gasteiger charge is 2.21. The third kappa shape index (κ3) is 3.57. The molecule has 0 unspecified atom stereocenters. The van der Waals surface area contributed by atoms with Gasteiger partial charge in [0.15, 0.2) is 0 Å². The minimum Gasteiger partial charge on any atom is -0.321 e. The van der Waals surface area contributed by atoms with Gasteiger partial charge in [0.25, 0.3) is 5.91 Å². The number of aryl methyl sites for hydroxylation is 1. The average Bonchev–Trinajstić information content (AvgIpc) is 2.76. The largest absolute Gasteiger partial charge is 0.321 e. The molecule has 2 aromatic rings. The van der Waals surface area contributed by atoms with Crippen LogP contribution in [0, 0.1) is 0 Å². The first-order chi connectivity index (χ1) is 9.68. The molecule has 112 valence electrons. The van der Waals surface area contributed by atoms with Crippen molar-refractivity contribution in [2.24, 2.45) is 7.05 Å². The van der Waals surface area contributed by atoms with E-state index in [0.29, 0.717) is 21.4 Å². The molecule has 0 aliphatic rings. The van der Waals surface area contributed by atoms with Crippen LogP contribution in [-0.2, 0) is 12.5 Å². The molecule has 0 fully saturated rings. The maximum absolute atomic E-state index is 12.3. The molecule has 1 aromatic carbocycles. The van der Waals surface area contributed by atoms with E-state index in [4.69, 9.17) is 23.2 Å². The Morgan fingerprint density at radius 2 is 1.86 bits per heavy atom. The highest BCUT2D eigenvalue weighted by atomic mass is 35.5. The number of amides is 1. The van der Waals surface area contributed by atoms with Gasteiger partial charge in [-0.1, -0.05) is 44.0 Å². The highest BCUT2D eigenvalue weighted by Crippen LogP contribution is 2.26. The van der Waals surface area contributed by atoms with E-state index in [1.54, 1.807) is 36.0 Å². The molecule has 2 rings (SSSR count). The summed E-state index contributed by atoms with van der Waals surface area (Å²) in [4.78, 5) is 12.3. The molecule has 0 atom stereocenters. The minimum atomic E-state index is -0.237. The predicted molar refractivity (Wildman–Crippen MR) is 86.3 cm³/mol. The van der Waals surface area contributed by atoms with Crippen LogP contribution in [0.25, 0.3) is 0 Å². The fourth-order valence-electron chi connectivity index (χ4n) is 1.82. The molecule has 0 aliphatic heterocycles. The van der Waals surface area contributed by atoms with E-state index in [1.165, 1.54) is 0 Å². The van der Waals surface area contributed by atoms with Crippen LogP contribution in [0.5, 0.6) is 0 Å². The van der Waals surface area contributed by atoms with Gasteiger partial charge in [0.1, 0.15) is 5.69 Å². The molecule has 1 aromatic heterocycles. The molecular weight excluding hydrogens is 309 g/mol. The minimum absolute atomic E-state index is 0.111. The van der Waals surface area contributed by atoms with Crippen molar-refractivity contribution < 1.29 is 4.79 Å². The molecule has 0 radical (unpaired) electrons. The number of benzene rings is 1. The monoisotopic (exact) mass is 325 g/mol. The predicted octanol–water partition coefficient (Wildman–Crippen LogP) is 4.28. The SMILES string of the molecule is Cn1nc(C(C)(C)C)cc1C(=O)Nc1ccc(Cl)c(Cl)c1. The van der Waals surface area contributed by atoms with Gasteiger partial charge in [-0.3, -0.25) is 9.48 Å². The van der Waals surface area contributed by atoms with Crippen molar-refractivity contribution in [2.45, 2.75) is 26.2 Å². The Bertz CT molecular complexity index is 687. The summed E-state index contributed by atoms with van der Waals surface area (Å²) >= 11 is 11.8. The Morgan fingerprint density at radius 3 is 2.38 bits per heavy atom. The zero-order valence-electron chi connectivity index (χ0n) is 12.4. The number of nitrogens with zero attached hydrogens (tertiary/aromatic N) is 2. The van der Waals surface area contributed by atoms with Crippen LogP contribution < -0.4 is 5.32 Å². The van der Waals surface area contributed by atoms with Gasteiger partial charge in [-0.15, -0.1) is 0 Å². The standard InChI is InChI=1S/C15H17Cl2N3O/c1-15(2,3)13-8-12(20(4)19-13)14(21)18-9-5-6-10(16)11(17)7-9/h5-8H,1-4H3,(H,18,21). The van der Waals surface area contributed by atoms with Crippen molar-refractivity contribution in [1.29, 1.82) is 0 Å². The third-order valence-electron chi connectivity index (χ3n) is 3.06. The number of anilines is 1. The Balaban J connectivity index is 2.24. The fourth-order valence-corrected chi connectivity index (χ4v) is 2.11. The highest BCUT2D eigenvalue weighted by molar-refractivity contribution is 6.42. The number of hydrogen-bond donors (Lipinski definition) is 1. The Hall–Kier alpha value is -1.52. The van der Waals surface area contributed by atoms with Crippen LogP contribution in [0.3, 0.4) is 0 Å². The van der Waals surface area contributed by atoms with Crippen LogP contribution >= 0.6 is 23.2 Å². The number of carbonyl (C=O) groups is 1. The Kier molecular flexibility index (Phi) is 4.30. The van der Waals surface area contributed by atoms with E-state index in [2.05, 4.69) is 31.2 Å². The molecule has 0 saturated heterocycles. The Morgan fingerprint density at radius 1 is 1.19 bits per heavy atom. The molecule has 0 bridgehead atoms. The van der Waals surface area contributed by atoms with Crippen LogP contribution in [0.2, 0.25) is 10.0 Å². The molecule has 1 N–H and O–H groups in total. The van der Waals surface area contributed by atoms with Crippen LogP contribution in [0.4, 0.5) is 5.69 Å². The average molecular weight is 326 g/mol. The summed E-state index contributed by atoms with van der Waals surface area (Å²) < 4.78 is 1.58. The maximum Gasteiger partial charge on any atom is 0.273 e. The van der Waals surface area contributed by atoms with Crippen molar-refractivity contribution in [1.82, 2.24) is 9.78 Å². The first-order valence-electron chi connectivity index (χ1n) is 6.49. The lowest BCUT2D eigenvalue weighted by Crippen LogP contribution is -2.16. The summed E-state index contributed by atoms with van der Waals surface area (Å²) in [7, 11) is 1.75. The number of halogens is 2. The zero-order chi connectivity index (χ0) is 15.8. The van der Waals surface area contributed by atoms with E-state index < -0.39 is 0 Å². The lowest BCUT2D eigenvalue weighted by Gasteiger charge is -2.13. The fraction of sp³-hybridized carbons (Fsp3) is 0.333. The lowest BCUT2D eigenvalue weighted by molar-refractivity contribution is 0.101. The van der Waals surface area contributed by atoms with Gasteiger partial charge in [0.05, 0.1) is 15.7 Å². The quantitative estimate of drug-likeness (QED) is 0.895. The second-order valence-electron chi connectivity index (χ2n) is 5.87. The zero-order valence-corrected chi connectivity index (χ0v) is 13.9. The summed E-state index contributed by atoms with van der Waals surface area (Å²) in [6, 6.07) is 6.76. The molecule has 4 nitrogen and oxygen atoms in total. The van der Waals surface area contributed by atoms with E-state index in [0.717, 1.165) is 5.69 Å². The van der Waals surface area contributed by atoms with Crippen molar-refractivity contribution in [3.63, 3.8) is 0 Å². The van der Waals surface area contributed by atoms with Gasteiger partial charge in [-0.2, -0.15) is 5.10 Å². The van der Waals surface area contributed by atoms with Crippen LogP contribution in [0.15, 0.2) is 24.3 Å². The summed E-state index contributed by atoms with van der Waals surface area (Å²) in [6.07, 6.45) is 0. The molecule has 6 heteroatoms. The number of hydrogen-bond acceptors (Lipinski definition) is 2. The first kappa shape index (κ1) is 15.9. The smallest absolute Gasteiger partial charge is 0.273 e. The molecule has 0 aliphatic carbocycles. The number of rotatable bonds is 2. The lowest BCUT2D eigenvalue weighted by atomic mass is 9.92. The maximum atomic E-state index is 12.3. The first-order valence-corrected chi connectivity index (χ1v) is 7.25. The topological polar surface area (TPSA) is 46.9 Å². The van der Waals surface area contributed by atoms with Gasteiger partial charge >= 0.3 is 0 Å². The van der Waals surface area contributed by atoms with Crippen molar-refractivity contribution in [2.75, 3.05) is 5.32 Å². The van der Waals surface area contributed by atoms with E-state index in [1.807, 2.05) is 0 Å². The van der Waals surface area contributed by atoms with E-state index in [-0.39, 0.29) is 11.3 Å². The molecule has 0 saturated carbocycles. The molecule has 1 heterocycles. The van der Waals surface area contributed by atoms with Gasteiger partial charge in [-0.05, 0) is 24.3 Å². The van der Waals surface area contributed by atoms with Gasteiger partial charge in [-0.25, -0.2) is 0 Å². The van der Waals surface area contributed by atoms with Gasteiger partial charge < -0.3 is 5.32 Å². The Labute approximate surface area is 134 Å². The summed E-state index contributed by atoms with van der Waals surface area (Å²) in [6.45, 7) is 6.15. The summed E-state index contributed by atoms with van der Waals surface area (Å²) in [5, 5.41) is 8.02. The van der Waals surface area contributed by atoms with Crippen LogP contribution in [0.1, 0.15) is 37.0 Å². The number of aromatic nitrogens is 2. The van der Waals surface area contributed by atoms with Crippen molar-refractivity contribution >= 4 is 34.8 Å². The van der Waals surface area contributed by atoms with Crippen molar-refractivity contribution in [3.05, 3.63) is 45.7 Å². The second kappa shape index (κ2) is 5.70. The molecule has 1 amide bonds. The van der Waals surface area contributed by atoms with Gasteiger partial charge in [0.2, 0.25) is 0 Å². The number of carbonyl (C=O) groups excluding carboxylic acids is 1. The number of nitrogens with one attached hydrogen (secondary N) is 1. The van der Waals surface area contributed by atoms with Crippen LogP contribution in [-0.4, -0.2) is 15.7 Å². The third-order valence-corrected chi connectivity index (χ3v) is 3.80. The molecule has 0 spiro atoms. The molecule has 21 heavy (non-hydrogen) atoms. The molecular formula is C15H17Cl2N3O. The van der Waals surface area contributed by atoms with Gasteiger partial charge in [0, 0.05) is 18.2 Å². The van der Waals surface area contributed by atoms with E-state index >= 15 is 0 Å². The normalized spacial score (nSPS) is 11.5. The summed E-state index contributed by atoms with van der Waals surface area (Å²) in [5.74, 6) is -0.237. The van der Waals surface area contributed by atoms with E-state index in [9.17, 15) is 4.79 Å². The second-order valence-corrected chi connectivity index (χ2v) is 6.69. The van der Waals surface area contributed by atoms with Crippen molar-refractivity contribution in [3.8, 4) is 0 Å².